The van der Waals surface area contributed by atoms with Crippen molar-refractivity contribution < 1.29 is 14.1 Å². The second kappa shape index (κ2) is 5.26. The molecule has 110 valence electrons. The molecule has 2 amide bonds. The molecule has 0 spiro atoms. The molecule has 6 heteroatoms. The summed E-state index contributed by atoms with van der Waals surface area (Å²) in [5.41, 5.74) is 0.855. The fraction of sp³-hybridized carbons (Fsp3) is 0.643. The van der Waals surface area contributed by atoms with Crippen molar-refractivity contribution in [3.8, 4) is 0 Å². The Morgan fingerprint density at radius 3 is 2.45 bits per heavy atom. The summed E-state index contributed by atoms with van der Waals surface area (Å²) in [7, 11) is 1.66. The zero-order valence-electron chi connectivity index (χ0n) is 12.6. The van der Waals surface area contributed by atoms with Crippen molar-refractivity contribution in [2.75, 3.05) is 7.05 Å². The van der Waals surface area contributed by atoms with E-state index in [0.29, 0.717) is 5.76 Å². The van der Waals surface area contributed by atoms with Crippen LogP contribution in [0.4, 0.5) is 0 Å². The highest BCUT2D eigenvalue weighted by atomic mass is 16.5. The third-order valence-electron chi connectivity index (χ3n) is 3.89. The number of carbonyl (C=O) groups excluding carboxylic acids is 2. The van der Waals surface area contributed by atoms with Crippen LogP contribution in [0.25, 0.3) is 0 Å². The number of nitrogens with zero attached hydrogens (tertiary/aromatic N) is 3. The number of rotatable bonds is 3. The fourth-order valence-corrected chi connectivity index (χ4v) is 2.27. The molecule has 1 saturated heterocycles. The summed E-state index contributed by atoms with van der Waals surface area (Å²) < 4.78 is 5.25. The second-order valence-electron chi connectivity index (χ2n) is 5.64. The summed E-state index contributed by atoms with van der Waals surface area (Å²) in [6.45, 7) is 7.80. The smallest absolute Gasteiger partial charge is 0.246 e. The Labute approximate surface area is 118 Å². The van der Waals surface area contributed by atoms with Crippen LogP contribution in [0.1, 0.15) is 45.1 Å². The van der Waals surface area contributed by atoms with Gasteiger partial charge in [-0.3, -0.25) is 9.59 Å². The number of hydrogen-bond acceptors (Lipinski definition) is 4. The van der Waals surface area contributed by atoms with Gasteiger partial charge in [0.2, 0.25) is 11.8 Å². The van der Waals surface area contributed by atoms with Crippen LogP contribution >= 0.6 is 0 Å². The van der Waals surface area contributed by atoms with E-state index in [0.717, 1.165) is 5.69 Å². The van der Waals surface area contributed by atoms with Gasteiger partial charge in [0.15, 0.2) is 5.76 Å². The van der Waals surface area contributed by atoms with E-state index in [2.05, 4.69) is 5.16 Å². The maximum atomic E-state index is 12.3. The maximum absolute atomic E-state index is 12.3. The summed E-state index contributed by atoms with van der Waals surface area (Å²) in [4.78, 5) is 27.4. The van der Waals surface area contributed by atoms with Crippen LogP contribution in [-0.2, 0) is 16.1 Å². The number of carbonyl (C=O) groups is 2. The lowest BCUT2D eigenvalue weighted by Crippen LogP contribution is -2.61. The quantitative estimate of drug-likeness (QED) is 0.838. The minimum absolute atomic E-state index is 0.0549. The van der Waals surface area contributed by atoms with E-state index in [-0.39, 0.29) is 24.3 Å². The van der Waals surface area contributed by atoms with Crippen molar-refractivity contribution in [3.63, 3.8) is 0 Å². The second-order valence-corrected chi connectivity index (χ2v) is 5.64. The predicted octanol–water partition coefficient (Wildman–Crippen LogP) is 1.38. The maximum Gasteiger partial charge on any atom is 0.246 e. The molecule has 0 unspecified atom stereocenters. The molecule has 0 radical (unpaired) electrons. The summed E-state index contributed by atoms with van der Waals surface area (Å²) in [6.07, 6.45) is 0. The molecule has 1 fully saturated rings. The van der Waals surface area contributed by atoms with Crippen LogP contribution in [0.2, 0.25) is 0 Å². The van der Waals surface area contributed by atoms with Gasteiger partial charge in [-0.25, -0.2) is 0 Å². The minimum Gasteiger partial charge on any atom is -0.359 e. The molecule has 1 aliphatic heterocycles. The monoisotopic (exact) mass is 279 g/mol. The lowest BCUT2D eigenvalue weighted by molar-refractivity contribution is -0.159. The highest BCUT2D eigenvalue weighted by Crippen LogP contribution is 2.21. The summed E-state index contributed by atoms with van der Waals surface area (Å²) in [6, 6.07) is 0.931. The third-order valence-corrected chi connectivity index (χ3v) is 3.89. The van der Waals surface area contributed by atoms with Crippen molar-refractivity contribution in [3.05, 3.63) is 17.5 Å². The van der Waals surface area contributed by atoms with E-state index < -0.39 is 12.1 Å². The van der Waals surface area contributed by atoms with Crippen molar-refractivity contribution in [2.24, 2.45) is 0 Å². The van der Waals surface area contributed by atoms with Gasteiger partial charge < -0.3 is 14.3 Å². The molecule has 0 N–H and O–H groups in total. The van der Waals surface area contributed by atoms with E-state index in [4.69, 9.17) is 4.52 Å². The Morgan fingerprint density at radius 2 is 1.90 bits per heavy atom. The van der Waals surface area contributed by atoms with Gasteiger partial charge in [0, 0.05) is 13.1 Å². The molecule has 1 aliphatic rings. The molecule has 2 heterocycles. The molecule has 1 aromatic rings. The molecule has 2 rings (SSSR count). The van der Waals surface area contributed by atoms with Crippen LogP contribution in [0, 0.1) is 0 Å². The number of likely N-dealkylation sites (N-methyl/N-ethyl adjacent to an activating group) is 1. The summed E-state index contributed by atoms with van der Waals surface area (Å²) >= 11 is 0. The first-order chi connectivity index (χ1) is 9.32. The molecule has 0 saturated carbocycles. The van der Waals surface area contributed by atoms with Gasteiger partial charge in [-0.15, -0.1) is 0 Å². The van der Waals surface area contributed by atoms with E-state index in [1.807, 2.05) is 19.9 Å². The summed E-state index contributed by atoms with van der Waals surface area (Å²) in [5, 5.41) is 3.98. The molecule has 2 atom stereocenters. The van der Waals surface area contributed by atoms with Crippen molar-refractivity contribution in [1.82, 2.24) is 15.0 Å². The number of aromatic nitrogens is 1. The highest BCUT2D eigenvalue weighted by Gasteiger charge is 2.40. The highest BCUT2D eigenvalue weighted by molar-refractivity contribution is 5.96. The molecular weight excluding hydrogens is 258 g/mol. The van der Waals surface area contributed by atoms with Crippen LogP contribution in [0.5, 0.6) is 0 Å². The SMILES string of the molecule is CC(C)c1cc(CN2C(=O)[C@H](C)N(C)C(=O)[C@@H]2C)on1. The van der Waals surface area contributed by atoms with Crippen LogP contribution < -0.4 is 0 Å². The van der Waals surface area contributed by atoms with Gasteiger partial charge in [0.25, 0.3) is 0 Å². The minimum atomic E-state index is -0.476. The van der Waals surface area contributed by atoms with Gasteiger partial charge in [0.1, 0.15) is 12.1 Å². The number of amides is 2. The average molecular weight is 279 g/mol. The van der Waals surface area contributed by atoms with E-state index in [1.165, 1.54) is 4.90 Å². The number of piperazine rings is 1. The molecule has 0 aromatic carbocycles. The zero-order chi connectivity index (χ0) is 15.0. The first kappa shape index (κ1) is 14.6. The van der Waals surface area contributed by atoms with Gasteiger partial charge in [-0.2, -0.15) is 0 Å². The average Bonchev–Trinajstić information content (AvgIpc) is 2.88. The standard InChI is InChI=1S/C14H21N3O3/c1-8(2)12-6-11(20-15-12)7-17-10(4)13(18)16(5)9(3)14(17)19/h6,8-10H,7H2,1-5H3/t9-,10-/m0/s1. The Morgan fingerprint density at radius 1 is 1.25 bits per heavy atom. The Kier molecular flexibility index (Phi) is 3.83. The fourth-order valence-electron chi connectivity index (χ4n) is 2.27. The first-order valence-corrected chi connectivity index (χ1v) is 6.85. The topological polar surface area (TPSA) is 66.7 Å². The first-order valence-electron chi connectivity index (χ1n) is 6.85. The normalized spacial score (nSPS) is 23.9. The molecule has 0 aliphatic carbocycles. The van der Waals surface area contributed by atoms with Gasteiger partial charge >= 0.3 is 0 Å². The Hall–Kier alpha value is -1.85. The molecule has 6 nitrogen and oxygen atoms in total. The van der Waals surface area contributed by atoms with Crippen molar-refractivity contribution >= 4 is 11.8 Å². The third kappa shape index (κ3) is 2.42. The van der Waals surface area contributed by atoms with E-state index in [9.17, 15) is 9.59 Å². The predicted molar refractivity (Wildman–Crippen MR) is 72.8 cm³/mol. The van der Waals surface area contributed by atoms with Crippen LogP contribution in [0.3, 0.4) is 0 Å². The van der Waals surface area contributed by atoms with Gasteiger partial charge in [0.05, 0.1) is 12.2 Å². The molecule has 0 bridgehead atoms. The Bertz CT molecular complexity index is 523. The number of hydrogen-bond donors (Lipinski definition) is 0. The van der Waals surface area contributed by atoms with Crippen molar-refractivity contribution in [1.29, 1.82) is 0 Å². The Balaban J connectivity index is 2.18. The lowest BCUT2D eigenvalue weighted by Gasteiger charge is -2.40. The summed E-state index contributed by atoms with van der Waals surface area (Å²) in [5.74, 6) is 0.759. The molecule has 20 heavy (non-hydrogen) atoms. The molecule has 1 aromatic heterocycles. The lowest BCUT2D eigenvalue weighted by atomic mass is 10.1. The zero-order valence-corrected chi connectivity index (χ0v) is 12.6. The van der Waals surface area contributed by atoms with Crippen LogP contribution in [0.15, 0.2) is 10.6 Å². The van der Waals surface area contributed by atoms with E-state index in [1.54, 1.807) is 25.8 Å². The van der Waals surface area contributed by atoms with Crippen molar-refractivity contribution in [2.45, 2.75) is 52.2 Å². The molecular formula is C14H21N3O3. The van der Waals surface area contributed by atoms with E-state index >= 15 is 0 Å². The van der Waals surface area contributed by atoms with Crippen LogP contribution in [-0.4, -0.2) is 45.9 Å². The van der Waals surface area contributed by atoms with Gasteiger partial charge in [-0.05, 0) is 19.8 Å². The largest absolute Gasteiger partial charge is 0.359 e. The van der Waals surface area contributed by atoms with Gasteiger partial charge in [-0.1, -0.05) is 19.0 Å².